The second-order valence-electron chi connectivity index (χ2n) is 3.92. The molecule has 1 atom stereocenters. The SMILES string of the molecule is Cc1ccc(CC2CSCCN2)cc1. The van der Waals surface area contributed by atoms with Crippen molar-refractivity contribution in [2.24, 2.45) is 0 Å². The highest BCUT2D eigenvalue weighted by Crippen LogP contribution is 2.13. The van der Waals surface area contributed by atoms with Crippen LogP contribution in [0.15, 0.2) is 24.3 Å². The minimum Gasteiger partial charge on any atom is -0.312 e. The Hall–Kier alpha value is -0.470. The van der Waals surface area contributed by atoms with Gasteiger partial charge in [0, 0.05) is 24.1 Å². The zero-order valence-corrected chi connectivity index (χ0v) is 9.44. The number of hydrogen-bond acceptors (Lipinski definition) is 2. The first-order valence-electron chi connectivity index (χ1n) is 5.21. The van der Waals surface area contributed by atoms with Gasteiger partial charge in [0.2, 0.25) is 0 Å². The van der Waals surface area contributed by atoms with Crippen molar-refractivity contribution >= 4 is 11.8 Å². The minimum absolute atomic E-state index is 0.677. The Morgan fingerprint density at radius 3 is 2.79 bits per heavy atom. The van der Waals surface area contributed by atoms with Crippen LogP contribution >= 0.6 is 11.8 Å². The monoisotopic (exact) mass is 207 g/mol. The smallest absolute Gasteiger partial charge is 0.0198 e. The Morgan fingerprint density at radius 1 is 1.36 bits per heavy atom. The van der Waals surface area contributed by atoms with Crippen LogP contribution in [0.3, 0.4) is 0 Å². The van der Waals surface area contributed by atoms with E-state index < -0.39 is 0 Å². The molecular formula is C12H17NS. The molecule has 1 aromatic carbocycles. The lowest BCUT2D eigenvalue weighted by Crippen LogP contribution is -2.38. The zero-order valence-electron chi connectivity index (χ0n) is 8.62. The maximum atomic E-state index is 3.56. The summed E-state index contributed by atoms with van der Waals surface area (Å²) in [5, 5.41) is 3.56. The molecule has 2 heteroatoms. The quantitative estimate of drug-likeness (QED) is 0.798. The Bertz CT molecular complexity index is 275. The summed E-state index contributed by atoms with van der Waals surface area (Å²) in [7, 11) is 0. The molecule has 0 saturated carbocycles. The van der Waals surface area contributed by atoms with E-state index in [1.165, 1.54) is 35.6 Å². The van der Waals surface area contributed by atoms with Gasteiger partial charge in [0.05, 0.1) is 0 Å². The van der Waals surface area contributed by atoms with Crippen molar-refractivity contribution in [1.82, 2.24) is 5.32 Å². The third kappa shape index (κ3) is 2.76. The summed E-state index contributed by atoms with van der Waals surface area (Å²) in [5.41, 5.74) is 2.80. The lowest BCUT2D eigenvalue weighted by atomic mass is 10.1. The normalized spacial score (nSPS) is 22.2. The second kappa shape index (κ2) is 4.85. The Kier molecular flexibility index (Phi) is 3.49. The molecule has 0 spiro atoms. The molecule has 1 aliphatic heterocycles. The standard InChI is InChI=1S/C12H17NS/c1-10-2-4-11(5-3-10)8-12-9-14-7-6-13-12/h2-5,12-13H,6-9H2,1H3. The van der Waals surface area contributed by atoms with Crippen LogP contribution in [0.1, 0.15) is 11.1 Å². The van der Waals surface area contributed by atoms with Gasteiger partial charge >= 0.3 is 0 Å². The summed E-state index contributed by atoms with van der Waals surface area (Å²) >= 11 is 2.06. The summed E-state index contributed by atoms with van der Waals surface area (Å²) in [5.74, 6) is 2.53. The minimum atomic E-state index is 0.677. The molecule has 1 heterocycles. The number of nitrogens with one attached hydrogen (secondary N) is 1. The van der Waals surface area contributed by atoms with E-state index in [-0.39, 0.29) is 0 Å². The zero-order chi connectivity index (χ0) is 9.80. The summed E-state index contributed by atoms with van der Waals surface area (Å²) in [6.45, 7) is 3.31. The lowest BCUT2D eigenvalue weighted by molar-refractivity contribution is 0.563. The van der Waals surface area contributed by atoms with Crippen molar-refractivity contribution in [3.8, 4) is 0 Å². The maximum absolute atomic E-state index is 3.56. The van der Waals surface area contributed by atoms with Gasteiger partial charge in [0.25, 0.3) is 0 Å². The van der Waals surface area contributed by atoms with Gasteiger partial charge in [-0.3, -0.25) is 0 Å². The van der Waals surface area contributed by atoms with Crippen LogP contribution in [-0.4, -0.2) is 24.1 Å². The van der Waals surface area contributed by atoms with Crippen LogP contribution in [0.5, 0.6) is 0 Å². The summed E-state index contributed by atoms with van der Waals surface area (Å²) in [6, 6.07) is 9.57. The first kappa shape index (κ1) is 10.1. The molecule has 0 amide bonds. The number of aryl methyl sites for hydroxylation is 1. The van der Waals surface area contributed by atoms with E-state index in [1.54, 1.807) is 0 Å². The molecule has 0 aliphatic carbocycles. The van der Waals surface area contributed by atoms with Crippen LogP contribution < -0.4 is 5.32 Å². The molecule has 1 aliphatic rings. The second-order valence-corrected chi connectivity index (χ2v) is 5.07. The molecule has 1 fully saturated rings. The number of hydrogen-bond donors (Lipinski definition) is 1. The number of rotatable bonds is 2. The van der Waals surface area contributed by atoms with Crippen LogP contribution in [0.25, 0.3) is 0 Å². The van der Waals surface area contributed by atoms with E-state index in [0.29, 0.717) is 6.04 Å². The van der Waals surface area contributed by atoms with Crippen molar-refractivity contribution in [2.45, 2.75) is 19.4 Å². The van der Waals surface area contributed by atoms with E-state index in [2.05, 4.69) is 48.3 Å². The number of benzene rings is 1. The van der Waals surface area contributed by atoms with Gasteiger partial charge in [-0.15, -0.1) is 0 Å². The molecule has 0 radical (unpaired) electrons. The third-order valence-corrected chi connectivity index (χ3v) is 3.73. The van der Waals surface area contributed by atoms with Crippen LogP contribution in [-0.2, 0) is 6.42 Å². The highest BCUT2D eigenvalue weighted by atomic mass is 32.2. The van der Waals surface area contributed by atoms with E-state index >= 15 is 0 Å². The first-order valence-corrected chi connectivity index (χ1v) is 6.37. The van der Waals surface area contributed by atoms with Crippen LogP contribution in [0.4, 0.5) is 0 Å². The molecule has 14 heavy (non-hydrogen) atoms. The van der Waals surface area contributed by atoms with E-state index in [0.717, 1.165) is 0 Å². The summed E-state index contributed by atoms with van der Waals surface area (Å²) in [4.78, 5) is 0. The van der Waals surface area contributed by atoms with Crippen molar-refractivity contribution in [1.29, 1.82) is 0 Å². The van der Waals surface area contributed by atoms with Gasteiger partial charge in [0.15, 0.2) is 0 Å². The van der Waals surface area contributed by atoms with Gasteiger partial charge in [0.1, 0.15) is 0 Å². The molecule has 1 N–H and O–H groups in total. The molecule has 0 bridgehead atoms. The fourth-order valence-electron chi connectivity index (χ4n) is 1.76. The lowest BCUT2D eigenvalue weighted by Gasteiger charge is -2.23. The molecule has 76 valence electrons. The highest BCUT2D eigenvalue weighted by molar-refractivity contribution is 7.99. The Morgan fingerprint density at radius 2 is 2.14 bits per heavy atom. The molecule has 1 aromatic rings. The molecule has 1 saturated heterocycles. The Balaban J connectivity index is 1.92. The van der Waals surface area contributed by atoms with E-state index in [4.69, 9.17) is 0 Å². The number of thioether (sulfide) groups is 1. The van der Waals surface area contributed by atoms with E-state index in [9.17, 15) is 0 Å². The van der Waals surface area contributed by atoms with Crippen molar-refractivity contribution < 1.29 is 0 Å². The topological polar surface area (TPSA) is 12.0 Å². The highest BCUT2D eigenvalue weighted by Gasteiger charge is 2.12. The first-order chi connectivity index (χ1) is 6.84. The molecule has 2 rings (SSSR count). The maximum Gasteiger partial charge on any atom is 0.0198 e. The van der Waals surface area contributed by atoms with Gasteiger partial charge in [-0.25, -0.2) is 0 Å². The van der Waals surface area contributed by atoms with Gasteiger partial charge in [-0.2, -0.15) is 11.8 Å². The molecule has 1 nitrogen and oxygen atoms in total. The molecule has 1 unspecified atom stereocenters. The molecular weight excluding hydrogens is 190 g/mol. The van der Waals surface area contributed by atoms with E-state index in [1.807, 2.05) is 0 Å². The predicted octanol–water partition coefficient (Wildman–Crippen LogP) is 2.24. The average molecular weight is 207 g/mol. The van der Waals surface area contributed by atoms with Crippen molar-refractivity contribution in [2.75, 3.05) is 18.1 Å². The van der Waals surface area contributed by atoms with Crippen molar-refractivity contribution in [3.05, 3.63) is 35.4 Å². The van der Waals surface area contributed by atoms with Gasteiger partial charge in [-0.1, -0.05) is 29.8 Å². The predicted molar refractivity (Wildman–Crippen MR) is 64.0 cm³/mol. The summed E-state index contributed by atoms with van der Waals surface area (Å²) in [6.07, 6.45) is 1.17. The van der Waals surface area contributed by atoms with Crippen LogP contribution in [0.2, 0.25) is 0 Å². The molecule has 0 aromatic heterocycles. The van der Waals surface area contributed by atoms with Gasteiger partial charge in [-0.05, 0) is 18.9 Å². The van der Waals surface area contributed by atoms with Crippen LogP contribution in [0, 0.1) is 6.92 Å². The van der Waals surface area contributed by atoms with Crippen molar-refractivity contribution in [3.63, 3.8) is 0 Å². The summed E-state index contributed by atoms with van der Waals surface area (Å²) < 4.78 is 0. The fourth-order valence-corrected chi connectivity index (χ4v) is 2.71. The average Bonchev–Trinajstić information content (AvgIpc) is 2.23. The largest absolute Gasteiger partial charge is 0.312 e. The Labute approximate surface area is 90.3 Å². The third-order valence-electron chi connectivity index (χ3n) is 2.60. The fraction of sp³-hybridized carbons (Fsp3) is 0.500. The van der Waals surface area contributed by atoms with Gasteiger partial charge < -0.3 is 5.32 Å².